The van der Waals surface area contributed by atoms with Gasteiger partial charge in [0.05, 0.1) is 6.61 Å². The van der Waals surface area contributed by atoms with Crippen LogP contribution in [0.3, 0.4) is 0 Å². The molecule has 174 valence electrons. The number of nitrogens with one attached hydrogen (secondary N) is 1. The van der Waals surface area contributed by atoms with Crippen LogP contribution < -0.4 is 5.32 Å². The Balaban J connectivity index is 1.88. The van der Waals surface area contributed by atoms with Crippen LogP contribution in [0.15, 0.2) is 36.1 Å². The van der Waals surface area contributed by atoms with E-state index in [4.69, 9.17) is 9.47 Å². The molecule has 0 aromatic heterocycles. The summed E-state index contributed by atoms with van der Waals surface area (Å²) in [6.45, 7) is 8.88. The van der Waals surface area contributed by atoms with Gasteiger partial charge in [0.15, 0.2) is 5.76 Å². The molecule has 2 amide bonds. The largest absolute Gasteiger partial charge is 0.465 e. The lowest BCUT2D eigenvalue weighted by Gasteiger charge is -2.14. The van der Waals surface area contributed by atoms with Gasteiger partial charge in [0.2, 0.25) is 0 Å². The van der Waals surface area contributed by atoms with Crippen LogP contribution >= 0.6 is 0 Å². The first-order chi connectivity index (χ1) is 15.6. The van der Waals surface area contributed by atoms with E-state index in [0.29, 0.717) is 21.7 Å². The van der Waals surface area contributed by atoms with E-state index in [1.807, 2.05) is 39.8 Å². The number of carbonyl (C=O) groups is 3. The van der Waals surface area contributed by atoms with Crippen molar-refractivity contribution < 1.29 is 28.2 Å². The van der Waals surface area contributed by atoms with Crippen molar-refractivity contribution in [3.63, 3.8) is 0 Å². The molecule has 0 atom stereocenters. The predicted octanol–water partition coefficient (Wildman–Crippen LogP) is 4.81. The summed E-state index contributed by atoms with van der Waals surface area (Å²) in [4.78, 5) is 36.9. The monoisotopic (exact) mass is 454 g/mol. The number of aryl methyl sites for hydroxylation is 2. The number of esters is 1. The molecule has 0 aliphatic carbocycles. The van der Waals surface area contributed by atoms with Gasteiger partial charge in [-0.3, -0.25) is 9.59 Å². The third kappa shape index (κ3) is 5.39. The molecule has 0 saturated carbocycles. The number of cyclic esters (lactones) is 1. The van der Waals surface area contributed by atoms with E-state index in [9.17, 15) is 18.8 Å². The predicted molar refractivity (Wildman–Crippen MR) is 123 cm³/mol. The molecule has 1 saturated heterocycles. The van der Waals surface area contributed by atoms with Gasteiger partial charge in [-0.05, 0) is 81.1 Å². The average Bonchev–Trinajstić information content (AvgIpc) is 2.98. The standard InChI is InChI=1S/C25H27FN2O5/c1-6-32-23(29)13-28-24(30)22(33-25(28)31)11-17-9-16(5)20(10-15(17)4)19-8-7-18(12-21(19)26)27-14(2)3/h7-12,14,27H,6,13H2,1-5H3/b22-11-. The molecule has 1 aliphatic heterocycles. The lowest BCUT2D eigenvalue weighted by atomic mass is 9.94. The summed E-state index contributed by atoms with van der Waals surface area (Å²) >= 11 is 0. The molecule has 0 spiro atoms. The summed E-state index contributed by atoms with van der Waals surface area (Å²) in [6.07, 6.45) is 0.520. The third-order valence-electron chi connectivity index (χ3n) is 5.08. The van der Waals surface area contributed by atoms with Crippen LogP contribution in [0.25, 0.3) is 17.2 Å². The molecule has 0 radical (unpaired) electrons. The fourth-order valence-corrected chi connectivity index (χ4v) is 3.55. The van der Waals surface area contributed by atoms with Crippen molar-refractivity contribution in [2.75, 3.05) is 18.5 Å². The van der Waals surface area contributed by atoms with E-state index < -0.39 is 24.5 Å². The molecule has 1 N–H and O–H groups in total. The smallest absolute Gasteiger partial charge is 0.423 e. The maximum atomic E-state index is 14.8. The van der Waals surface area contributed by atoms with Gasteiger partial charge in [-0.15, -0.1) is 0 Å². The topological polar surface area (TPSA) is 84.9 Å². The van der Waals surface area contributed by atoms with Crippen LogP contribution in [0.5, 0.6) is 0 Å². The number of imide groups is 1. The fraction of sp³-hybridized carbons (Fsp3) is 0.320. The van der Waals surface area contributed by atoms with Crippen LogP contribution in [-0.2, 0) is 19.1 Å². The number of nitrogens with zero attached hydrogens (tertiary/aromatic N) is 1. The molecule has 1 fully saturated rings. The molecule has 0 bridgehead atoms. The van der Waals surface area contributed by atoms with Gasteiger partial charge < -0.3 is 14.8 Å². The second-order valence-electron chi connectivity index (χ2n) is 8.09. The highest BCUT2D eigenvalue weighted by Crippen LogP contribution is 2.32. The molecule has 2 aromatic rings. The molecule has 0 unspecified atom stereocenters. The van der Waals surface area contributed by atoms with Crippen molar-refractivity contribution in [1.29, 1.82) is 0 Å². The van der Waals surface area contributed by atoms with Gasteiger partial charge in [-0.25, -0.2) is 14.1 Å². The molecule has 33 heavy (non-hydrogen) atoms. The Hall–Kier alpha value is -3.68. The lowest BCUT2D eigenvalue weighted by Crippen LogP contribution is -2.34. The van der Waals surface area contributed by atoms with Gasteiger partial charge in [-0.1, -0.05) is 12.1 Å². The zero-order valence-corrected chi connectivity index (χ0v) is 19.3. The van der Waals surface area contributed by atoms with E-state index in [0.717, 1.165) is 16.7 Å². The molecular formula is C25H27FN2O5. The quantitative estimate of drug-likeness (QED) is 0.477. The lowest BCUT2D eigenvalue weighted by molar-refractivity contribution is -0.146. The second kappa shape index (κ2) is 9.85. The maximum Gasteiger partial charge on any atom is 0.423 e. The molecule has 1 heterocycles. The van der Waals surface area contributed by atoms with Crippen LogP contribution in [0, 0.1) is 19.7 Å². The molecular weight excluding hydrogens is 427 g/mol. The zero-order valence-electron chi connectivity index (χ0n) is 19.3. The Morgan fingerprint density at radius 2 is 1.88 bits per heavy atom. The molecule has 1 aliphatic rings. The highest BCUT2D eigenvalue weighted by molar-refractivity contribution is 6.11. The van der Waals surface area contributed by atoms with Crippen LogP contribution in [0.2, 0.25) is 0 Å². The molecule has 7 nitrogen and oxygen atoms in total. The summed E-state index contributed by atoms with van der Waals surface area (Å²) in [5.41, 5.74) is 4.09. The third-order valence-corrected chi connectivity index (χ3v) is 5.08. The van der Waals surface area contributed by atoms with Crippen molar-refractivity contribution in [3.05, 3.63) is 58.6 Å². The van der Waals surface area contributed by atoms with Crippen LogP contribution in [0.4, 0.5) is 14.9 Å². The summed E-state index contributed by atoms with van der Waals surface area (Å²) < 4.78 is 24.7. The fourth-order valence-electron chi connectivity index (χ4n) is 3.55. The highest BCUT2D eigenvalue weighted by atomic mass is 19.1. The minimum Gasteiger partial charge on any atom is -0.465 e. The van der Waals surface area contributed by atoms with Crippen molar-refractivity contribution in [1.82, 2.24) is 4.90 Å². The van der Waals surface area contributed by atoms with Gasteiger partial charge in [0, 0.05) is 17.3 Å². The van der Waals surface area contributed by atoms with E-state index in [1.165, 1.54) is 12.1 Å². The van der Waals surface area contributed by atoms with E-state index in [1.54, 1.807) is 19.1 Å². The molecule has 3 rings (SSSR count). The minimum absolute atomic E-state index is 0.140. The summed E-state index contributed by atoms with van der Waals surface area (Å²) in [6, 6.07) is 8.84. The Kier molecular flexibility index (Phi) is 7.16. The first kappa shape index (κ1) is 24.0. The number of anilines is 1. The summed E-state index contributed by atoms with van der Waals surface area (Å²) in [5.74, 6) is -1.94. The first-order valence-corrected chi connectivity index (χ1v) is 10.7. The molecule has 8 heteroatoms. The highest BCUT2D eigenvalue weighted by Gasteiger charge is 2.38. The SMILES string of the molecule is CCOC(=O)CN1C(=O)O/C(=C\c2cc(C)c(-c3ccc(NC(C)C)cc3F)cc2C)C1=O. The van der Waals surface area contributed by atoms with Crippen molar-refractivity contribution in [3.8, 4) is 11.1 Å². The van der Waals surface area contributed by atoms with Crippen molar-refractivity contribution in [2.24, 2.45) is 0 Å². The minimum atomic E-state index is -0.928. The number of ether oxygens (including phenoxy) is 2. The van der Waals surface area contributed by atoms with Crippen molar-refractivity contribution >= 4 is 29.7 Å². The van der Waals surface area contributed by atoms with E-state index in [-0.39, 0.29) is 24.2 Å². The average molecular weight is 454 g/mol. The number of hydrogen-bond acceptors (Lipinski definition) is 6. The number of rotatable bonds is 7. The van der Waals surface area contributed by atoms with Crippen LogP contribution in [0.1, 0.15) is 37.5 Å². The van der Waals surface area contributed by atoms with E-state index >= 15 is 0 Å². The van der Waals surface area contributed by atoms with E-state index in [2.05, 4.69) is 5.32 Å². The Labute approximate surface area is 192 Å². The maximum absolute atomic E-state index is 14.8. The molecule has 2 aromatic carbocycles. The van der Waals surface area contributed by atoms with Gasteiger partial charge >= 0.3 is 12.1 Å². The number of amides is 2. The summed E-state index contributed by atoms with van der Waals surface area (Å²) in [7, 11) is 0. The Morgan fingerprint density at radius 1 is 1.15 bits per heavy atom. The zero-order chi connectivity index (χ0) is 24.3. The van der Waals surface area contributed by atoms with Crippen molar-refractivity contribution in [2.45, 2.75) is 40.7 Å². The number of halogens is 1. The van der Waals surface area contributed by atoms with Gasteiger partial charge in [0.25, 0.3) is 5.91 Å². The summed E-state index contributed by atoms with van der Waals surface area (Å²) in [5, 5.41) is 3.18. The first-order valence-electron chi connectivity index (χ1n) is 10.7. The Morgan fingerprint density at radius 3 is 2.52 bits per heavy atom. The van der Waals surface area contributed by atoms with Crippen LogP contribution in [-0.4, -0.2) is 42.1 Å². The number of carbonyl (C=O) groups excluding carboxylic acids is 3. The number of benzene rings is 2. The van der Waals surface area contributed by atoms with Gasteiger partial charge in [-0.2, -0.15) is 0 Å². The normalized spacial score (nSPS) is 14.8. The van der Waals surface area contributed by atoms with Gasteiger partial charge in [0.1, 0.15) is 12.4 Å². The second-order valence-corrected chi connectivity index (χ2v) is 8.09. The number of hydrogen-bond donors (Lipinski definition) is 1. The Bertz CT molecular complexity index is 1140.